The van der Waals surface area contributed by atoms with Crippen molar-refractivity contribution >= 4 is 0 Å². The third kappa shape index (κ3) is 2.01. The summed E-state index contributed by atoms with van der Waals surface area (Å²) in [6.07, 6.45) is -2.68. The van der Waals surface area contributed by atoms with Crippen LogP contribution in [0.3, 0.4) is 0 Å². The summed E-state index contributed by atoms with van der Waals surface area (Å²) in [5.41, 5.74) is -1.39. The highest BCUT2D eigenvalue weighted by Crippen LogP contribution is 2.25. The third-order valence-corrected chi connectivity index (χ3v) is 2.40. The number of aliphatic hydroxyl groups is 2. The van der Waals surface area contributed by atoms with Crippen LogP contribution >= 0.6 is 0 Å². The van der Waals surface area contributed by atoms with E-state index in [2.05, 4.69) is 0 Å². The molecule has 9 heteroatoms. The zero-order valence-electron chi connectivity index (χ0n) is 8.55. The molecule has 0 bridgehead atoms. The maximum Gasteiger partial charge on any atom is 0.331 e. The molecule has 0 spiro atoms. The molecule has 1 aliphatic heterocycles. The van der Waals surface area contributed by atoms with Crippen molar-refractivity contribution in [1.29, 1.82) is 0 Å². The summed E-state index contributed by atoms with van der Waals surface area (Å²) in [5, 5.41) is 28.2. The fourth-order valence-electron chi connectivity index (χ4n) is 1.52. The quantitative estimate of drug-likeness (QED) is 0.449. The molecule has 2 rings (SSSR count). The van der Waals surface area contributed by atoms with Crippen molar-refractivity contribution in [3.05, 3.63) is 33.1 Å². The summed E-state index contributed by atoms with van der Waals surface area (Å²) >= 11 is 0. The number of hydroxylamine groups is 2. The van der Waals surface area contributed by atoms with Crippen LogP contribution in [0.2, 0.25) is 0 Å². The molecule has 0 aliphatic carbocycles. The number of aromatic nitrogens is 2. The maximum absolute atomic E-state index is 11.4. The Bertz CT molecular complexity index is 510. The molecule has 17 heavy (non-hydrogen) atoms. The molecule has 1 aromatic rings. The van der Waals surface area contributed by atoms with E-state index in [1.54, 1.807) is 0 Å². The molecule has 0 aromatic carbocycles. The molecule has 1 saturated heterocycles. The van der Waals surface area contributed by atoms with Crippen LogP contribution in [-0.2, 0) is 4.74 Å². The van der Waals surface area contributed by atoms with Crippen LogP contribution in [0, 0.1) is 0 Å². The summed E-state index contributed by atoms with van der Waals surface area (Å²) in [6.45, 7) is -0.521. The van der Waals surface area contributed by atoms with Crippen LogP contribution < -0.4 is 11.2 Å². The molecular formula is C8H11N3O6. The lowest BCUT2D eigenvalue weighted by Gasteiger charge is -2.19. The zero-order chi connectivity index (χ0) is 12.6. The summed E-state index contributed by atoms with van der Waals surface area (Å²) in [5.74, 6) is 0. The third-order valence-electron chi connectivity index (χ3n) is 2.40. The fourth-order valence-corrected chi connectivity index (χ4v) is 1.52. The predicted octanol–water partition coefficient (Wildman–Crippen LogP) is -2.61. The Labute approximate surface area is 94.1 Å². The molecule has 1 aliphatic rings. The molecule has 9 nitrogen and oxygen atoms in total. The first-order valence-electron chi connectivity index (χ1n) is 4.77. The van der Waals surface area contributed by atoms with Gasteiger partial charge < -0.3 is 20.2 Å². The number of nitrogens with one attached hydrogen (secondary N) is 1. The lowest BCUT2D eigenvalue weighted by Crippen LogP contribution is -2.39. The molecule has 94 valence electrons. The molecule has 1 fully saturated rings. The van der Waals surface area contributed by atoms with Crippen molar-refractivity contribution in [2.24, 2.45) is 0 Å². The first kappa shape index (κ1) is 12.0. The van der Waals surface area contributed by atoms with E-state index in [1.165, 1.54) is 0 Å². The lowest BCUT2D eigenvalue weighted by atomic mass is 10.3. The molecule has 2 heterocycles. The normalized spacial score (nSPS) is 29.7. The van der Waals surface area contributed by atoms with Gasteiger partial charge in [-0.15, -0.1) is 5.06 Å². The van der Waals surface area contributed by atoms with E-state index in [4.69, 9.17) is 9.84 Å². The van der Waals surface area contributed by atoms with Crippen molar-refractivity contribution in [2.75, 3.05) is 6.61 Å². The van der Waals surface area contributed by atoms with Gasteiger partial charge in [-0.2, -0.15) is 0 Å². The number of hydrogen-bond donors (Lipinski definition) is 4. The van der Waals surface area contributed by atoms with Crippen molar-refractivity contribution in [3.63, 3.8) is 0 Å². The van der Waals surface area contributed by atoms with Crippen LogP contribution in [0.4, 0.5) is 0 Å². The minimum atomic E-state index is -1.45. The van der Waals surface area contributed by atoms with Gasteiger partial charge in [-0.1, -0.05) is 0 Å². The van der Waals surface area contributed by atoms with Gasteiger partial charge in [0, 0.05) is 12.3 Å². The predicted molar refractivity (Wildman–Crippen MR) is 52.0 cm³/mol. The van der Waals surface area contributed by atoms with Gasteiger partial charge in [0.15, 0.2) is 6.23 Å². The van der Waals surface area contributed by atoms with Crippen molar-refractivity contribution in [2.45, 2.75) is 18.7 Å². The Morgan fingerprint density at radius 3 is 2.71 bits per heavy atom. The van der Waals surface area contributed by atoms with Gasteiger partial charge in [-0.3, -0.25) is 14.3 Å². The molecule has 0 amide bonds. The van der Waals surface area contributed by atoms with Crippen LogP contribution in [0.25, 0.3) is 0 Å². The van der Waals surface area contributed by atoms with E-state index < -0.39 is 36.5 Å². The molecule has 0 saturated carbocycles. The summed E-state index contributed by atoms with van der Waals surface area (Å²) in [4.78, 5) is 24.2. The summed E-state index contributed by atoms with van der Waals surface area (Å²) in [6, 6.07) is 1.07. The van der Waals surface area contributed by atoms with E-state index in [1.807, 2.05) is 4.98 Å². The second kappa shape index (κ2) is 4.39. The second-order valence-corrected chi connectivity index (χ2v) is 3.49. The van der Waals surface area contributed by atoms with Crippen LogP contribution in [0.1, 0.15) is 6.35 Å². The van der Waals surface area contributed by atoms with Crippen LogP contribution in [0.15, 0.2) is 21.9 Å². The van der Waals surface area contributed by atoms with E-state index >= 15 is 0 Å². The topological polar surface area (TPSA) is 128 Å². The number of nitrogens with zero attached hydrogens (tertiary/aromatic N) is 2. The zero-order valence-corrected chi connectivity index (χ0v) is 8.55. The molecule has 0 unspecified atom stereocenters. The van der Waals surface area contributed by atoms with Gasteiger partial charge in [-0.05, 0) is 0 Å². The van der Waals surface area contributed by atoms with Gasteiger partial charge >= 0.3 is 5.69 Å². The van der Waals surface area contributed by atoms with Crippen molar-refractivity contribution < 1.29 is 20.2 Å². The highest BCUT2D eigenvalue weighted by molar-refractivity contribution is 4.86. The SMILES string of the molecule is O=c1ccn([C@@H]2O[C@H](CO)[C@@H](O)N2O)c(=O)[nH]1. The van der Waals surface area contributed by atoms with Crippen molar-refractivity contribution in [1.82, 2.24) is 14.6 Å². The number of aliphatic hydroxyl groups excluding tert-OH is 2. The number of aromatic amines is 1. The Balaban J connectivity index is 2.35. The van der Waals surface area contributed by atoms with Crippen LogP contribution in [0.5, 0.6) is 0 Å². The largest absolute Gasteiger partial charge is 0.394 e. The van der Waals surface area contributed by atoms with Gasteiger partial charge in [0.25, 0.3) is 5.56 Å². The van der Waals surface area contributed by atoms with E-state index in [-0.39, 0.29) is 0 Å². The summed E-state index contributed by atoms with van der Waals surface area (Å²) < 4.78 is 5.93. The Hall–Kier alpha value is -1.52. The van der Waals surface area contributed by atoms with Gasteiger partial charge in [0.1, 0.15) is 6.10 Å². The number of rotatable bonds is 2. The fraction of sp³-hybridized carbons (Fsp3) is 0.500. The Morgan fingerprint density at radius 2 is 2.18 bits per heavy atom. The maximum atomic E-state index is 11.4. The van der Waals surface area contributed by atoms with E-state index in [9.17, 15) is 19.9 Å². The van der Waals surface area contributed by atoms with Gasteiger partial charge in [-0.25, -0.2) is 4.79 Å². The first-order chi connectivity index (χ1) is 8.04. The van der Waals surface area contributed by atoms with E-state index in [0.717, 1.165) is 16.8 Å². The molecular weight excluding hydrogens is 234 g/mol. The molecule has 4 N–H and O–H groups in total. The second-order valence-electron chi connectivity index (χ2n) is 3.49. The number of hydrogen-bond acceptors (Lipinski definition) is 7. The first-order valence-corrected chi connectivity index (χ1v) is 4.77. The smallest absolute Gasteiger partial charge is 0.331 e. The average Bonchev–Trinajstić information content (AvgIpc) is 2.57. The Kier molecular flexibility index (Phi) is 3.09. The van der Waals surface area contributed by atoms with E-state index in [0.29, 0.717) is 5.06 Å². The lowest BCUT2D eigenvalue weighted by molar-refractivity contribution is -0.236. The monoisotopic (exact) mass is 245 g/mol. The van der Waals surface area contributed by atoms with Gasteiger partial charge in [0.05, 0.1) is 6.61 Å². The average molecular weight is 245 g/mol. The number of ether oxygens (including phenoxy) is 1. The van der Waals surface area contributed by atoms with Crippen molar-refractivity contribution in [3.8, 4) is 0 Å². The minimum Gasteiger partial charge on any atom is -0.394 e. The summed E-state index contributed by atoms with van der Waals surface area (Å²) in [7, 11) is 0. The molecule has 3 atom stereocenters. The van der Waals surface area contributed by atoms with Gasteiger partial charge in [0.2, 0.25) is 6.35 Å². The highest BCUT2D eigenvalue weighted by atomic mass is 16.7. The number of H-pyrrole nitrogens is 1. The minimum absolute atomic E-state index is 0.376. The Morgan fingerprint density at radius 1 is 1.47 bits per heavy atom. The molecule has 0 radical (unpaired) electrons. The molecule has 1 aromatic heterocycles. The highest BCUT2D eigenvalue weighted by Gasteiger charge is 2.41. The van der Waals surface area contributed by atoms with Crippen LogP contribution in [-0.4, -0.2) is 49.0 Å². The standard InChI is InChI=1S/C8H11N3O6/c12-3-4-6(14)11(16)8(17-4)10-2-1-5(13)9-7(10)15/h1-2,4,6,8,12,14,16H,3H2,(H,9,13,15)/t4-,6-,8+/m1/s1.